The Kier molecular flexibility index (Phi) is 5.25. The number of hydrogen-bond donors (Lipinski definition) is 2. The minimum absolute atomic E-state index is 0.0515. The van der Waals surface area contributed by atoms with Crippen LogP contribution in [0.1, 0.15) is 28.7 Å². The standard InChI is InChI=1S/C15H17N5O4/c1-8(21)9-3-4-11(23-2)10(5-9)6-13(22)24-7-12-18-14(16)20-15(17)19-12/h3-5H,6-7H2,1-2H3,(H4,16,17,18,19,20). The molecule has 4 N–H and O–H groups in total. The number of hydrogen-bond acceptors (Lipinski definition) is 9. The SMILES string of the molecule is COc1ccc(C(C)=O)cc1CC(=O)OCc1nc(N)nc(N)n1. The molecular weight excluding hydrogens is 314 g/mol. The summed E-state index contributed by atoms with van der Waals surface area (Å²) in [6.07, 6.45) is -0.0691. The smallest absolute Gasteiger partial charge is 0.310 e. The molecule has 9 heteroatoms. The van der Waals surface area contributed by atoms with E-state index < -0.39 is 5.97 Å². The number of ether oxygens (including phenoxy) is 2. The Hall–Kier alpha value is -3.23. The van der Waals surface area contributed by atoms with Gasteiger partial charge in [0.2, 0.25) is 11.9 Å². The molecule has 9 nitrogen and oxygen atoms in total. The van der Waals surface area contributed by atoms with Gasteiger partial charge in [-0.25, -0.2) is 0 Å². The van der Waals surface area contributed by atoms with E-state index in [1.54, 1.807) is 18.2 Å². The van der Waals surface area contributed by atoms with Gasteiger partial charge in [0.05, 0.1) is 13.5 Å². The van der Waals surface area contributed by atoms with Gasteiger partial charge in [0, 0.05) is 11.1 Å². The number of esters is 1. The minimum atomic E-state index is -0.536. The number of carbonyl (C=O) groups is 2. The van der Waals surface area contributed by atoms with E-state index in [1.807, 2.05) is 0 Å². The Morgan fingerprint density at radius 1 is 1.12 bits per heavy atom. The predicted molar refractivity (Wildman–Crippen MR) is 85.2 cm³/mol. The lowest BCUT2D eigenvalue weighted by Crippen LogP contribution is -2.13. The first-order valence-corrected chi connectivity index (χ1v) is 6.98. The van der Waals surface area contributed by atoms with Crippen LogP contribution in [0, 0.1) is 0 Å². The second-order valence-corrected chi connectivity index (χ2v) is 4.89. The van der Waals surface area contributed by atoms with E-state index in [-0.39, 0.29) is 36.5 Å². The Labute approximate surface area is 138 Å². The highest BCUT2D eigenvalue weighted by Gasteiger charge is 2.13. The van der Waals surface area contributed by atoms with Crippen LogP contribution < -0.4 is 16.2 Å². The summed E-state index contributed by atoms with van der Waals surface area (Å²) >= 11 is 0. The molecule has 0 radical (unpaired) electrons. The number of ketones is 1. The summed E-state index contributed by atoms with van der Waals surface area (Å²) in [5.41, 5.74) is 11.9. The second-order valence-electron chi connectivity index (χ2n) is 4.89. The highest BCUT2D eigenvalue weighted by atomic mass is 16.5. The molecule has 2 aromatic rings. The Bertz CT molecular complexity index is 758. The van der Waals surface area contributed by atoms with Crippen LogP contribution >= 0.6 is 0 Å². The molecule has 0 fully saturated rings. The van der Waals surface area contributed by atoms with Crippen molar-refractivity contribution in [2.24, 2.45) is 0 Å². The number of rotatable bonds is 6. The van der Waals surface area contributed by atoms with Gasteiger partial charge in [-0.1, -0.05) is 0 Å². The molecule has 126 valence electrons. The average molecular weight is 331 g/mol. The van der Waals surface area contributed by atoms with E-state index in [0.717, 1.165) is 0 Å². The number of anilines is 2. The predicted octanol–water partition coefficient (Wildman–Crippen LogP) is 0.533. The molecule has 0 spiro atoms. The average Bonchev–Trinajstić information content (AvgIpc) is 2.52. The van der Waals surface area contributed by atoms with E-state index in [9.17, 15) is 9.59 Å². The number of benzene rings is 1. The largest absolute Gasteiger partial charge is 0.496 e. The molecule has 24 heavy (non-hydrogen) atoms. The first-order valence-electron chi connectivity index (χ1n) is 6.98. The molecule has 1 heterocycles. The topological polar surface area (TPSA) is 143 Å². The monoisotopic (exact) mass is 331 g/mol. The van der Waals surface area contributed by atoms with Gasteiger partial charge in [0.25, 0.3) is 0 Å². The normalized spacial score (nSPS) is 10.2. The molecule has 0 bridgehead atoms. The van der Waals surface area contributed by atoms with Gasteiger partial charge in [0.15, 0.2) is 18.2 Å². The number of carbonyl (C=O) groups excluding carboxylic acids is 2. The Morgan fingerprint density at radius 2 is 1.79 bits per heavy atom. The van der Waals surface area contributed by atoms with Crippen molar-refractivity contribution < 1.29 is 19.1 Å². The summed E-state index contributed by atoms with van der Waals surface area (Å²) in [6, 6.07) is 4.86. The van der Waals surface area contributed by atoms with Crippen molar-refractivity contribution in [2.45, 2.75) is 20.0 Å². The number of nitrogen functional groups attached to an aromatic ring is 2. The molecule has 0 aliphatic carbocycles. The fourth-order valence-electron chi connectivity index (χ4n) is 2.01. The van der Waals surface area contributed by atoms with Gasteiger partial charge in [-0.05, 0) is 25.1 Å². The summed E-state index contributed by atoms with van der Waals surface area (Å²) in [4.78, 5) is 34.7. The molecule has 0 amide bonds. The van der Waals surface area contributed by atoms with Crippen LogP contribution in [-0.2, 0) is 22.6 Å². The zero-order valence-electron chi connectivity index (χ0n) is 13.3. The molecule has 0 saturated carbocycles. The molecule has 0 aliphatic rings. The summed E-state index contributed by atoms with van der Waals surface area (Å²) in [6.45, 7) is 1.25. The lowest BCUT2D eigenvalue weighted by Gasteiger charge is -2.10. The van der Waals surface area contributed by atoms with E-state index >= 15 is 0 Å². The zero-order valence-corrected chi connectivity index (χ0v) is 13.3. The van der Waals surface area contributed by atoms with Crippen molar-refractivity contribution in [3.8, 4) is 5.75 Å². The third kappa shape index (κ3) is 4.38. The number of nitrogens with two attached hydrogens (primary N) is 2. The van der Waals surface area contributed by atoms with Crippen molar-refractivity contribution in [2.75, 3.05) is 18.6 Å². The van der Waals surface area contributed by atoms with E-state index in [1.165, 1.54) is 14.0 Å². The van der Waals surface area contributed by atoms with E-state index in [2.05, 4.69) is 15.0 Å². The van der Waals surface area contributed by atoms with Crippen molar-refractivity contribution in [1.82, 2.24) is 15.0 Å². The molecule has 2 rings (SSSR count). The summed E-state index contributed by atoms with van der Waals surface area (Å²) < 4.78 is 10.3. The first kappa shape index (κ1) is 17.1. The second kappa shape index (κ2) is 7.36. The van der Waals surface area contributed by atoms with Crippen molar-refractivity contribution in [1.29, 1.82) is 0 Å². The van der Waals surface area contributed by atoms with E-state index in [0.29, 0.717) is 16.9 Å². The summed E-state index contributed by atoms with van der Waals surface area (Å²) in [7, 11) is 1.48. The first-order chi connectivity index (χ1) is 11.4. The lowest BCUT2D eigenvalue weighted by atomic mass is 10.0. The van der Waals surface area contributed by atoms with Gasteiger partial charge in [-0.3, -0.25) is 9.59 Å². The van der Waals surface area contributed by atoms with Crippen LogP contribution in [0.5, 0.6) is 5.75 Å². The quantitative estimate of drug-likeness (QED) is 0.572. The zero-order chi connectivity index (χ0) is 17.7. The number of methoxy groups -OCH3 is 1. The van der Waals surface area contributed by atoms with Gasteiger partial charge in [-0.2, -0.15) is 15.0 Å². The van der Waals surface area contributed by atoms with Crippen molar-refractivity contribution in [3.63, 3.8) is 0 Å². The molecule has 1 aromatic carbocycles. The highest BCUT2D eigenvalue weighted by molar-refractivity contribution is 5.94. The Morgan fingerprint density at radius 3 is 2.38 bits per heavy atom. The molecule has 0 saturated heterocycles. The lowest BCUT2D eigenvalue weighted by molar-refractivity contribution is -0.144. The van der Waals surface area contributed by atoms with Crippen LogP contribution in [0.25, 0.3) is 0 Å². The number of Topliss-reactive ketones (excluding diaryl/α,β-unsaturated/α-hetero) is 1. The highest BCUT2D eigenvalue weighted by Crippen LogP contribution is 2.21. The van der Waals surface area contributed by atoms with Gasteiger partial charge in [0.1, 0.15) is 5.75 Å². The summed E-state index contributed by atoms with van der Waals surface area (Å²) in [5, 5.41) is 0. The van der Waals surface area contributed by atoms with Gasteiger partial charge < -0.3 is 20.9 Å². The van der Waals surface area contributed by atoms with Crippen LogP contribution in [0.2, 0.25) is 0 Å². The molecule has 0 atom stereocenters. The van der Waals surface area contributed by atoms with Crippen LogP contribution in [0.3, 0.4) is 0 Å². The number of nitrogens with zero attached hydrogens (tertiary/aromatic N) is 3. The third-order valence-electron chi connectivity index (χ3n) is 3.10. The van der Waals surface area contributed by atoms with Crippen molar-refractivity contribution in [3.05, 3.63) is 35.2 Å². The fraction of sp³-hybridized carbons (Fsp3) is 0.267. The maximum Gasteiger partial charge on any atom is 0.310 e. The fourth-order valence-corrected chi connectivity index (χ4v) is 2.01. The molecular formula is C15H17N5O4. The number of aromatic nitrogens is 3. The summed E-state index contributed by atoms with van der Waals surface area (Å²) in [5.74, 6) is -0.105. The maximum atomic E-state index is 12.0. The molecule has 0 aliphatic heterocycles. The van der Waals surface area contributed by atoms with Gasteiger partial charge in [-0.15, -0.1) is 0 Å². The maximum absolute atomic E-state index is 12.0. The molecule has 0 unspecified atom stereocenters. The van der Waals surface area contributed by atoms with Crippen LogP contribution in [0.4, 0.5) is 11.9 Å². The third-order valence-corrected chi connectivity index (χ3v) is 3.10. The van der Waals surface area contributed by atoms with Crippen LogP contribution in [-0.4, -0.2) is 33.8 Å². The molecule has 1 aromatic heterocycles. The minimum Gasteiger partial charge on any atom is -0.496 e. The van der Waals surface area contributed by atoms with E-state index in [4.69, 9.17) is 20.9 Å². The van der Waals surface area contributed by atoms with Crippen molar-refractivity contribution >= 4 is 23.6 Å². The Balaban J connectivity index is 2.06. The van der Waals surface area contributed by atoms with Gasteiger partial charge >= 0.3 is 5.97 Å². The van der Waals surface area contributed by atoms with Crippen LogP contribution in [0.15, 0.2) is 18.2 Å².